The summed E-state index contributed by atoms with van der Waals surface area (Å²) in [6.07, 6.45) is 3.41. The number of carbonyl (C=O) groups excluding carboxylic acids is 1. The van der Waals surface area contributed by atoms with Crippen LogP contribution in [0.5, 0.6) is 0 Å². The van der Waals surface area contributed by atoms with Crippen molar-refractivity contribution >= 4 is 11.9 Å². The maximum absolute atomic E-state index is 11.6. The number of amides is 1. The third-order valence-corrected chi connectivity index (χ3v) is 3.32. The summed E-state index contributed by atoms with van der Waals surface area (Å²) in [7, 11) is 4.04. The molecule has 124 valence electrons. The van der Waals surface area contributed by atoms with Crippen LogP contribution in [-0.4, -0.2) is 48.0 Å². The second kappa shape index (κ2) is 9.87. The molecule has 1 aromatic rings. The Morgan fingerprint density at radius 3 is 2.73 bits per heavy atom. The molecule has 0 saturated carbocycles. The molecule has 0 atom stereocenters. The predicted octanol–water partition coefficient (Wildman–Crippen LogP) is 1.34. The van der Waals surface area contributed by atoms with E-state index in [-0.39, 0.29) is 5.91 Å². The van der Waals surface area contributed by atoms with E-state index in [0.717, 1.165) is 32.0 Å². The highest BCUT2D eigenvalue weighted by Gasteiger charge is 2.08. The van der Waals surface area contributed by atoms with Crippen LogP contribution in [0.4, 0.5) is 0 Å². The van der Waals surface area contributed by atoms with E-state index in [4.69, 9.17) is 0 Å². The third kappa shape index (κ3) is 6.20. The fraction of sp³-hybridized carbons (Fsp3) is 0.625. The first-order valence-corrected chi connectivity index (χ1v) is 7.94. The second-order valence-corrected chi connectivity index (χ2v) is 5.30. The lowest BCUT2D eigenvalue weighted by Gasteiger charge is -2.22. The predicted molar refractivity (Wildman–Crippen MR) is 90.8 cm³/mol. The van der Waals surface area contributed by atoms with E-state index in [1.54, 1.807) is 0 Å². The molecule has 0 aliphatic heterocycles. The maximum atomic E-state index is 11.6. The minimum Gasteiger partial charge on any atom is -0.357 e. The number of hydrogen-bond acceptors (Lipinski definition) is 2. The number of rotatable bonds is 8. The van der Waals surface area contributed by atoms with Crippen LogP contribution in [0.25, 0.3) is 0 Å². The minimum atomic E-state index is 0.0616. The number of nitrogens with zero attached hydrogens (tertiary/aromatic N) is 3. The molecular formula is C16H29N5O. The summed E-state index contributed by atoms with van der Waals surface area (Å²) >= 11 is 0. The molecule has 1 rings (SSSR count). The van der Waals surface area contributed by atoms with Crippen molar-refractivity contribution in [1.29, 1.82) is 0 Å². The van der Waals surface area contributed by atoms with Gasteiger partial charge in [-0.3, -0.25) is 9.79 Å². The Balaban J connectivity index is 2.53. The number of nitrogens with one attached hydrogen (secondary N) is 2. The molecule has 0 fully saturated rings. The van der Waals surface area contributed by atoms with Gasteiger partial charge in [0, 0.05) is 45.5 Å². The zero-order chi connectivity index (χ0) is 16.4. The lowest BCUT2D eigenvalue weighted by molar-refractivity contribution is -0.120. The molecule has 0 aliphatic carbocycles. The van der Waals surface area contributed by atoms with Gasteiger partial charge in [-0.25, -0.2) is 0 Å². The standard InChI is InChI=1S/C16H29N5O/c1-5-10-18-15(22)9-11-19-16(17-6-2)21(4)13-14-8-7-12-20(14)3/h7-8,12H,5-6,9-11,13H2,1-4H3,(H,17,19)(H,18,22). The van der Waals surface area contributed by atoms with Gasteiger partial charge in [0.05, 0.1) is 13.1 Å². The highest BCUT2D eigenvalue weighted by Crippen LogP contribution is 2.03. The van der Waals surface area contributed by atoms with Crippen molar-refractivity contribution in [3.8, 4) is 0 Å². The van der Waals surface area contributed by atoms with Gasteiger partial charge in [-0.2, -0.15) is 0 Å². The van der Waals surface area contributed by atoms with Crippen LogP contribution < -0.4 is 10.6 Å². The quantitative estimate of drug-likeness (QED) is 0.563. The third-order valence-electron chi connectivity index (χ3n) is 3.32. The molecule has 0 unspecified atom stereocenters. The molecular weight excluding hydrogens is 278 g/mol. The Kier molecular flexibility index (Phi) is 8.10. The first kappa shape index (κ1) is 18.1. The van der Waals surface area contributed by atoms with E-state index < -0.39 is 0 Å². The van der Waals surface area contributed by atoms with Gasteiger partial charge >= 0.3 is 0 Å². The van der Waals surface area contributed by atoms with Crippen molar-refractivity contribution in [3.05, 3.63) is 24.0 Å². The van der Waals surface area contributed by atoms with Gasteiger partial charge in [-0.1, -0.05) is 6.92 Å². The molecule has 6 nitrogen and oxygen atoms in total. The van der Waals surface area contributed by atoms with E-state index in [1.807, 2.05) is 40.2 Å². The molecule has 0 radical (unpaired) electrons. The summed E-state index contributed by atoms with van der Waals surface area (Å²) in [5, 5.41) is 6.13. The van der Waals surface area contributed by atoms with Gasteiger partial charge < -0.3 is 20.1 Å². The molecule has 6 heteroatoms. The number of aromatic nitrogens is 1. The molecule has 0 saturated heterocycles. The normalized spacial score (nSPS) is 11.4. The van der Waals surface area contributed by atoms with Crippen LogP contribution in [0.3, 0.4) is 0 Å². The highest BCUT2D eigenvalue weighted by molar-refractivity contribution is 5.80. The molecule has 1 heterocycles. The van der Waals surface area contributed by atoms with Gasteiger partial charge in [0.1, 0.15) is 0 Å². The van der Waals surface area contributed by atoms with Crippen molar-refractivity contribution in [2.75, 3.05) is 26.7 Å². The Morgan fingerprint density at radius 1 is 1.36 bits per heavy atom. The Hall–Kier alpha value is -1.98. The summed E-state index contributed by atoms with van der Waals surface area (Å²) < 4.78 is 2.10. The molecule has 22 heavy (non-hydrogen) atoms. The van der Waals surface area contributed by atoms with Crippen LogP contribution in [0.1, 0.15) is 32.4 Å². The van der Waals surface area contributed by atoms with Gasteiger partial charge in [-0.15, -0.1) is 0 Å². The van der Waals surface area contributed by atoms with Crippen molar-refractivity contribution in [3.63, 3.8) is 0 Å². The smallest absolute Gasteiger partial charge is 0.221 e. The van der Waals surface area contributed by atoms with Gasteiger partial charge in [0.2, 0.25) is 5.91 Å². The van der Waals surface area contributed by atoms with E-state index >= 15 is 0 Å². The fourth-order valence-corrected chi connectivity index (χ4v) is 2.06. The Morgan fingerprint density at radius 2 is 2.14 bits per heavy atom. The zero-order valence-electron chi connectivity index (χ0n) is 14.2. The van der Waals surface area contributed by atoms with Gasteiger partial charge in [0.25, 0.3) is 0 Å². The second-order valence-electron chi connectivity index (χ2n) is 5.30. The van der Waals surface area contributed by atoms with Crippen LogP contribution in [0.15, 0.2) is 23.3 Å². The van der Waals surface area contributed by atoms with Crippen molar-refractivity contribution in [2.45, 2.75) is 33.2 Å². The van der Waals surface area contributed by atoms with Crippen LogP contribution in [0.2, 0.25) is 0 Å². The van der Waals surface area contributed by atoms with E-state index in [2.05, 4.69) is 31.2 Å². The summed E-state index contributed by atoms with van der Waals surface area (Å²) in [5.41, 5.74) is 1.22. The molecule has 1 amide bonds. The zero-order valence-corrected chi connectivity index (χ0v) is 14.2. The summed E-state index contributed by atoms with van der Waals surface area (Å²) in [5.74, 6) is 0.888. The molecule has 1 aromatic heterocycles. The lowest BCUT2D eigenvalue weighted by Crippen LogP contribution is -2.39. The van der Waals surface area contributed by atoms with Crippen molar-refractivity contribution in [2.24, 2.45) is 12.0 Å². The largest absolute Gasteiger partial charge is 0.357 e. The van der Waals surface area contributed by atoms with E-state index in [1.165, 1.54) is 5.69 Å². The molecule has 2 N–H and O–H groups in total. The molecule has 0 aromatic carbocycles. The summed E-state index contributed by atoms with van der Waals surface area (Å²) in [6, 6.07) is 4.13. The maximum Gasteiger partial charge on any atom is 0.221 e. The number of carbonyl (C=O) groups is 1. The summed E-state index contributed by atoms with van der Waals surface area (Å²) in [6.45, 7) is 6.89. The fourth-order valence-electron chi connectivity index (χ4n) is 2.06. The van der Waals surface area contributed by atoms with Crippen LogP contribution >= 0.6 is 0 Å². The molecule has 0 aliphatic rings. The van der Waals surface area contributed by atoms with Gasteiger partial charge in [-0.05, 0) is 25.5 Å². The Bertz CT molecular complexity index is 481. The van der Waals surface area contributed by atoms with Gasteiger partial charge in [0.15, 0.2) is 5.96 Å². The van der Waals surface area contributed by atoms with Crippen molar-refractivity contribution in [1.82, 2.24) is 20.1 Å². The summed E-state index contributed by atoms with van der Waals surface area (Å²) in [4.78, 5) is 18.2. The van der Waals surface area contributed by atoms with E-state index in [0.29, 0.717) is 13.0 Å². The first-order chi connectivity index (χ1) is 10.6. The van der Waals surface area contributed by atoms with Crippen LogP contribution in [-0.2, 0) is 18.4 Å². The Labute approximate surface area is 133 Å². The lowest BCUT2D eigenvalue weighted by atomic mass is 10.4. The molecule has 0 bridgehead atoms. The van der Waals surface area contributed by atoms with Crippen molar-refractivity contribution < 1.29 is 4.79 Å². The van der Waals surface area contributed by atoms with E-state index in [9.17, 15) is 4.79 Å². The SMILES string of the molecule is CCCNC(=O)CCN=C(NCC)N(C)Cc1cccn1C. The highest BCUT2D eigenvalue weighted by atomic mass is 16.1. The number of aliphatic imine (C=N–C) groups is 1. The number of aryl methyl sites for hydroxylation is 1. The number of hydrogen-bond donors (Lipinski definition) is 2. The monoisotopic (exact) mass is 307 g/mol. The topological polar surface area (TPSA) is 61.7 Å². The number of guanidine groups is 1. The average molecular weight is 307 g/mol. The minimum absolute atomic E-state index is 0.0616. The molecule has 0 spiro atoms. The van der Waals surface area contributed by atoms with Crippen LogP contribution in [0, 0.1) is 0 Å². The average Bonchev–Trinajstić information content (AvgIpc) is 2.89. The first-order valence-electron chi connectivity index (χ1n) is 7.94.